The van der Waals surface area contributed by atoms with Crippen LogP contribution in [-0.2, 0) is 6.42 Å². The van der Waals surface area contributed by atoms with Gasteiger partial charge in [0.25, 0.3) is 5.91 Å². The lowest BCUT2D eigenvalue weighted by Crippen LogP contribution is -2.43. The van der Waals surface area contributed by atoms with Crippen LogP contribution < -0.4 is 15.4 Å². The van der Waals surface area contributed by atoms with Crippen LogP contribution in [0.4, 0.5) is 5.69 Å². The number of thioether (sulfide) groups is 1. The number of methoxy groups -OCH3 is 1. The Kier molecular flexibility index (Phi) is 6.75. The maximum absolute atomic E-state index is 13.1. The van der Waals surface area contributed by atoms with Crippen LogP contribution in [0.1, 0.15) is 45.7 Å². The molecule has 0 spiro atoms. The van der Waals surface area contributed by atoms with Crippen LogP contribution in [0, 0.1) is 0 Å². The highest BCUT2D eigenvalue weighted by Crippen LogP contribution is 2.32. The van der Waals surface area contributed by atoms with Crippen molar-refractivity contribution in [3.05, 3.63) is 89.1 Å². The van der Waals surface area contributed by atoms with Crippen molar-refractivity contribution in [1.82, 2.24) is 10.3 Å². The smallest absolute Gasteiger partial charge is 0.258 e. The first kappa shape index (κ1) is 23.6. The number of anilines is 1. The molecule has 0 bridgehead atoms. The van der Waals surface area contributed by atoms with E-state index in [1.807, 2.05) is 18.4 Å². The fraction of sp³-hybridized carbons (Fsp3) is 0.222. The molecule has 174 valence electrons. The molecule has 4 rings (SSSR count). The maximum Gasteiger partial charge on any atom is 0.258 e. The van der Waals surface area contributed by atoms with Gasteiger partial charge in [-0.2, -0.15) is 0 Å². The Balaban J connectivity index is 1.55. The van der Waals surface area contributed by atoms with E-state index in [9.17, 15) is 9.59 Å². The average Bonchev–Trinajstić information content (AvgIpc) is 2.83. The number of benzene rings is 2. The van der Waals surface area contributed by atoms with Crippen LogP contribution in [-0.4, -0.2) is 35.6 Å². The van der Waals surface area contributed by atoms with Crippen molar-refractivity contribution < 1.29 is 14.3 Å². The van der Waals surface area contributed by atoms with Gasteiger partial charge in [-0.25, -0.2) is 4.98 Å². The predicted octanol–water partition coefficient (Wildman–Crippen LogP) is 5.21. The molecule has 1 aromatic heterocycles. The molecule has 1 amide bonds. The lowest BCUT2D eigenvalue weighted by molar-refractivity contribution is 0.102. The number of hydrogen-bond acceptors (Lipinski definition) is 6. The third kappa shape index (κ3) is 5.15. The van der Waals surface area contributed by atoms with E-state index in [4.69, 9.17) is 4.74 Å². The van der Waals surface area contributed by atoms with Crippen LogP contribution in [0.25, 0.3) is 5.70 Å². The Labute approximate surface area is 203 Å². The zero-order valence-electron chi connectivity index (χ0n) is 19.6. The number of pyridine rings is 1. The monoisotopic (exact) mass is 473 g/mol. The van der Waals surface area contributed by atoms with Crippen molar-refractivity contribution in [2.45, 2.75) is 30.8 Å². The van der Waals surface area contributed by atoms with Gasteiger partial charge in [-0.05, 0) is 80.6 Å². The molecule has 0 fully saturated rings. The van der Waals surface area contributed by atoms with Gasteiger partial charge < -0.3 is 15.4 Å². The van der Waals surface area contributed by atoms with Crippen LogP contribution >= 0.6 is 11.8 Å². The molecule has 2 aromatic carbocycles. The molecule has 0 atom stereocenters. The molecule has 0 saturated carbocycles. The van der Waals surface area contributed by atoms with Gasteiger partial charge in [0.2, 0.25) is 0 Å². The summed E-state index contributed by atoms with van der Waals surface area (Å²) >= 11 is 1.42. The van der Waals surface area contributed by atoms with Crippen molar-refractivity contribution in [3.63, 3.8) is 0 Å². The SMILES string of the molecule is COc1ccc2c(c1)/C(=C/C(=O)c1ccc(NC(=O)c3cccnc3SC)cc1)NC(C)(C)C2. The van der Waals surface area contributed by atoms with Crippen molar-refractivity contribution in [2.24, 2.45) is 0 Å². The number of amides is 1. The number of ether oxygens (including phenoxy) is 1. The molecular formula is C27H27N3O3S. The summed E-state index contributed by atoms with van der Waals surface area (Å²) in [7, 11) is 1.63. The van der Waals surface area contributed by atoms with E-state index in [2.05, 4.69) is 35.5 Å². The third-order valence-electron chi connectivity index (χ3n) is 5.62. The Morgan fingerprint density at radius 3 is 2.62 bits per heavy atom. The minimum Gasteiger partial charge on any atom is -0.497 e. The van der Waals surface area contributed by atoms with Crippen LogP contribution in [0.2, 0.25) is 0 Å². The van der Waals surface area contributed by atoms with E-state index in [1.165, 1.54) is 17.3 Å². The molecule has 0 unspecified atom stereocenters. The highest BCUT2D eigenvalue weighted by Gasteiger charge is 2.28. The second-order valence-corrected chi connectivity index (χ2v) is 9.52. The van der Waals surface area contributed by atoms with Crippen LogP contribution in [0.3, 0.4) is 0 Å². The summed E-state index contributed by atoms with van der Waals surface area (Å²) in [5, 5.41) is 7.02. The molecule has 1 aliphatic rings. The maximum atomic E-state index is 13.1. The van der Waals surface area contributed by atoms with Gasteiger partial charge in [0.05, 0.1) is 12.7 Å². The Hall–Kier alpha value is -3.58. The summed E-state index contributed by atoms with van der Waals surface area (Å²) in [4.78, 5) is 30.0. The summed E-state index contributed by atoms with van der Waals surface area (Å²) in [6, 6.07) is 16.3. The van der Waals surface area contributed by atoms with E-state index in [-0.39, 0.29) is 17.2 Å². The molecular weight excluding hydrogens is 446 g/mol. The lowest BCUT2D eigenvalue weighted by Gasteiger charge is -2.35. The van der Waals surface area contributed by atoms with Gasteiger partial charge in [0.1, 0.15) is 10.8 Å². The Bertz CT molecular complexity index is 1270. The molecule has 3 aromatic rings. The summed E-state index contributed by atoms with van der Waals surface area (Å²) in [5.74, 6) is 0.388. The number of carbonyl (C=O) groups excluding carboxylic acids is 2. The number of rotatable bonds is 6. The van der Waals surface area contributed by atoms with Crippen LogP contribution in [0.5, 0.6) is 5.75 Å². The summed E-state index contributed by atoms with van der Waals surface area (Å²) in [5.41, 5.74) is 4.39. The number of nitrogens with zero attached hydrogens (tertiary/aromatic N) is 1. The first-order valence-corrected chi connectivity index (χ1v) is 12.1. The number of aromatic nitrogens is 1. The van der Waals surface area contributed by atoms with Gasteiger partial charge in [-0.15, -0.1) is 11.8 Å². The first-order valence-electron chi connectivity index (χ1n) is 10.9. The van der Waals surface area contributed by atoms with E-state index >= 15 is 0 Å². The molecule has 7 heteroatoms. The highest BCUT2D eigenvalue weighted by atomic mass is 32.2. The van der Waals surface area contributed by atoms with E-state index in [1.54, 1.807) is 55.8 Å². The van der Waals surface area contributed by atoms with Crippen molar-refractivity contribution in [3.8, 4) is 5.75 Å². The number of allylic oxidation sites excluding steroid dienone is 1. The zero-order valence-corrected chi connectivity index (χ0v) is 20.5. The largest absolute Gasteiger partial charge is 0.497 e. The van der Waals surface area contributed by atoms with Gasteiger partial charge in [0, 0.05) is 40.3 Å². The number of fused-ring (bicyclic) bond motifs is 1. The topological polar surface area (TPSA) is 80.3 Å². The molecule has 6 nitrogen and oxygen atoms in total. The quantitative estimate of drug-likeness (QED) is 0.291. The molecule has 0 radical (unpaired) electrons. The summed E-state index contributed by atoms with van der Waals surface area (Å²) < 4.78 is 5.38. The highest BCUT2D eigenvalue weighted by molar-refractivity contribution is 7.98. The normalized spacial score (nSPS) is 15.2. The summed E-state index contributed by atoms with van der Waals surface area (Å²) in [6.07, 6.45) is 6.02. The van der Waals surface area contributed by atoms with Gasteiger partial charge >= 0.3 is 0 Å². The number of carbonyl (C=O) groups is 2. The fourth-order valence-electron chi connectivity index (χ4n) is 4.01. The van der Waals surface area contributed by atoms with Crippen molar-refractivity contribution >= 4 is 34.8 Å². The number of hydrogen-bond donors (Lipinski definition) is 2. The van der Waals surface area contributed by atoms with Gasteiger partial charge in [-0.1, -0.05) is 6.07 Å². The van der Waals surface area contributed by atoms with Gasteiger partial charge in [0.15, 0.2) is 5.78 Å². The number of nitrogens with one attached hydrogen (secondary N) is 2. The molecule has 34 heavy (non-hydrogen) atoms. The molecule has 0 aliphatic carbocycles. The van der Waals surface area contributed by atoms with E-state index < -0.39 is 0 Å². The minimum absolute atomic E-state index is 0.122. The second kappa shape index (κ2) is 9.73. The van der Waals surface area contributed by atoms with Crippen molar-refractivity contribution in [2.75, 3.05) is 18.7 Å². The van der Waals surface area contributed by atoms with Gasteiger partial charge in [-0.3, -0.25) is 9.59 Å². The van der Waals surface area contributed by atoms with E-state index in [0.717, 1.165) is 23.4 Å². The van der Waals surface area contributed by atoms with Crippen LogP contribution in [0.15, 0.2) is 71.9 Å². The molecule has 2 N–H and O–H groups in total. The Morgan fingerprint density at radius 2 is 1.91 bits per heavy atom. The molecule has 1 aliphatic heterocycles. The first-order chi connectivity index (χ1) is 16.3. The molecule has 0 saturated heterocycles. The van der Waals surface area contributed by atoms with E-state index in [0.29, 0.717) is 21.8 Å². The predicted molar refractivity (Wildman–Crippen MR) is 137 cm³/mol. The second-order valence-electron chi connectivity index (χ2n) is 8.72. The minimum atomic E-state index is -0.238. The standard InChI is InChI=1S/C27H27N3O3S/c1-27(2)16-18-9-12-20(33-3)14-22(18)23(30-27)15-24(31)17-7-10-19(11-8-17)29-25(32)21-6-5-13-28-26(21)34-4/h5-15,30H,16H2,1-4H3,(H,29,32)/b23-15-. The average molecular weight is 474 g/mol. The fourth-order valence-corrected chi connectivity index (χ4v) is 4.56. The lowest BCUT2D eigenvalue weighted by atomic mass is 9.85. The molecule has 2 heterocycles. The zero-order chi connectivity index (χ0) is 24.3. The van der Waals surface area contributed by atoms with Crippen molar-refractivity contribution in [1.29, 1.82) is 0 Å². The Morgan fingerprint density at radius 1 is 1.15 bits per heavy atom. The third-order valence-corrected chi connectivity index (χ3v) is 6.34. The number of ketones is 1. The summed E-state index contributed by atoms with van der Waals surface area (Å²) in [6.45, 7) is 4.22.